The third-order valence-corrected chi connectivity index (χ3v) is 3.56. The normalized spacial score (nSPS) is 14.7. The van der Waals surface area contributed by atoms with Crippen molar-refractivity contribution in [2.24, 2.45) is 0 Å². The second-order valence-corrected chi connectivity index (χ2v) is 5.70. The first-order chi connectivity index (χ1) is 8.66. The number of unbranched alkanes of at least 4 members (excludes halogenated alkanes) is 8. The number of hydrogen-bond acceptors (Lipinski definition) is 2. The van der Waals surface area contributed by atoms with Crippen LogP contribution in [0.25, 0.3) is 0 Å². The zero-order chi connectivity index (χ0) is 13.6. The van der Waals surface area contributed by atoms with Gasteiger partial charge in [0.25, 0.3) is 0 Å². The molecule has 0 radical (unpaired) electrons. The van der Waals surface area contributed by atoms with Gasteiger partial charge in [-0.1, -0.05) is 64.7 Å². The first-order valence-corrected chi connectivity index (χ1v) is 8.03. The zero-order valence-electron chi connectivity index (χ0n) is 12.5. The largest absolute Gasteiger partial charge is 0.393 e. The molecule has 0 fully saturated rings. The van der Waals surface area contributed by atoms with Gasteiger partial charge in [0.05, 0.1) is 12.2 Å². The molecular weight excluding hydrogens is 224 g/mol. The average molecular weight is 258 g/mol. The van der Waals surface area contributed by atoms with Gasteiger partial charge >= 0.3 is 0 Å². The smallest absolute Gasteiger partial charge is 0.0541 e. The number of aliphatic hydroxyl groups is 2. The predicted molar refractivity (Wildman–Crippen MR) is 78.8 cm³/mol. The van der Waals surface area contributed by atoms with Crippen molar-refractivity contribution < 1.29 is 10.2 Å². The Hall–Kier alpha value is -0.0800. The minimum absolute atomic E-state index is 0.204. The second-order valence-electron chi connectivity index (χ2n) is 5.70. The van der Waals surface area contributed by atoms with E-state index in [1.807, 2.05) is 0 Å². The lowest BCUT2D eigenvalue weighted by Gasteiger charge is -2.11. The van der Waals surface area contributed by atoms with Crippen molar-refractivity contribution in [2.75, 3.05) is 0 Å². The van der Waals surface area contributed by atoms with Gasteiger partial charge in [-0.25, -0.2) is 0 Å². The maximum atomic E-state index is 9.69. The van der Waals surface area contributed by atoms with Gasteiger partial charge in [-0.2, -0.15) is 0 Å². The fourth-order valence-electron chi connectivity index (χ4n) is 2.27. The maximum absolute atomic E-state index is 9.69. The fourth-order valence-corrected chi connectivity index (χ4v) is 2.27. The summed E-state index contributed by atoms with van der Waals surface area (Å²) in [5.74, 6) is 0. The summed E-state index contributed by atoms with van der Waals surface area (Å²) in [5, 5.41) is 18.8. The van der Waals surface area contributed by atoms with Crippen LogP contribution >= 0.6 is 0 Å². The van der Waals surface area contributed by atoms with Crippen LogP contribution in [0.2, 0.25) is 0 Å². The van der Waals surface area contributed by atoms with Crippen molar-refractivity contribution in [3.05, 3.63) is 0 Å². The summed E-state index contributed by atoms with van der Waals surface area (Å²) >= 11 is 0. The summed E-state index contributed by atoms with van der Waals surface area (Å²) < 4.78 is 0. The van der Waals surface area contributed by atoms with Gasteiger partial charge in [-0.05, 0) is 26.2 Å². The van der Waals surface area contributed by atoms with Crippen LogP contribution in [0.4, 0.5) is 0 Å². The molecule has 0 amide bonds. The predicted octanol–water partition coefficient (Wildman–Crippen LogP) is 4.43. The fraction of sp³-hybridized carbons (Fsp3) is 1.00. The molecule has 0 aromatic heterocycles. The minimum Gasteiger partial charge on any atom is -0.393 e. The molecule has 0 heterocycles. The quantitative estimate of drug-likeness (QED) is 0.480. The van der Waals surface area contributed by atoms with E-state index in [1.165, 1.54) is 51.4 Å². The number of rotatable bonds is 13. The molecule has 0 aliphatic rings. The van der Waals surface area contributed by atoms with E-state index < -0.39 is 0 Å². The first-order valence-electron chi connectivity index (χ1n) is 8.03. The van der Waals surface area contributed by atoms with Gasteiger partial charge in [-0.3, -0.25) is 0 Å². The van der Waals surface area contributed by atoms with E-state index in [1.54, 1.807) is 6.92 Å². The molecule has 2 heteroatoms. The topological polar surface area (TPSA) is 40.5 Å². The van der Waals surface area contributed by atoms with E-state index in [4.69, 9.17) is 5.11 Å². The molecule has 2 atom stereocenters. The minimum atomic E-state index is -0.275. The van der Waals surface area contributed by atoms with Crippen LogP contribution < -0.4 is 0 Å². The van der Waals surface area contributed by atoms with Crippen molar-refractivity contribution in [2.45, 2.75) is 103 Å². The van der Waals surface area contributed by atoms with Gasteiger partial charge in [0.15, 0.2) is 0 Å². The first kappa shape index (κ1) is 17.9. The van der Waals surface area contributed by atoms with Crippen molar-refractivity contribution in [1.29, 1.82) is 0 Å². The molecule has 0 saturated carbocycles. The summed E-state index contributed by atoms with van der Waals surface area (Å²) in [5.41, 5.74) is 0. The van der Waals surface area contributed by atoms with Gasteiger partial charge in [0, 0.05) is 0 Å². The molecule has 110 valence electrons. The van der Waals surface area contributed by atoms with Gasteiger partial charge in [-0.15, -0.1) is 0 Å². The lowest BCUT2D eigenvalue weighted by molar-refractivity contribution is 0.114. The molecule has 2 nitrogen and oxygen atoms in total. The molecule has 0 bridgehead atoms. The van der Waals surface area contributed by atoms with E-state index in [9.17, 15) is 5.11 Å². The molecular formula is C16H34O2. The molecule has 18 heavy (non-hydrogen) atoms. The van der Waals surface area contributed by atoms with E-state index in [2.05, 4.69) is 6.92 Å². The van der Waals surface area contributed by atoms with E-state index >= 15 is 0 Å². The summed E-state index contributed by atoms with van der Waals surface area (Å²) in [6, 6.07) is 0. The molecule has 0 saturated heterocycles. The summed E-state index contributed by atoms with van der Waals surface area (Å²) in [6.07, 6.45) is 13.8. The Kier molecular flexibility index (Phi) is 13.3. The summed E-state index contributed by atoms with van der Waals surface area (Å²) in [4.78, 5) is 0. The SMILES string of the molecule is CCCCCCCCCCCC(O)CCC(C)O. The molecule has 0 rings (SSSR count). The molecule has 2 unspecified atom stereocenters. The Bertz CT molecular complexity index is 157. The van der Waals surface area contributed by atoms with Crippen molar-refractivity contribution in [3.63, 3.8) is 0 Å². The Morgan fingerprint density at radius 3 is 1.67 bits per heavy atom. The molecule has 2 N–H and O–H groups in total. The third kappa shape index (κ3) is 14.0. The lowest BCUT2D eigenvalue weighted by atomic mass is 10.0. The molecule has 0 aromatic rings. The number of aliphatic hydroxyl groups excluding tert-OH is 2. The van der Waals surface area contributed by atoms with Crippen molar-refractivity contribution in [1.82, 2.24) is 0 Å². The standard InChI is InChI=1S/C16H34O2/c1-3-4-5-6-7-8-9-10-11-12-16(18)14-13-15(2)17/h15-18H,3-14H2,1-2H3. The van der Waals surface area contributed by atoms with Gasteiger partial charge in [0.1, 0.15) is 0 Å². The Labute approximate surface area is 114 Å². The van der Waals surface area contributed by atoms with Gasteiger partial charge in [0.2, 0.25) is 0 Å². The van der Waals surface area contributed by atoms with Crippen molar-refractivity contribution >= 4 is 0 Å². The van der Waals surface area contributed by atoms with E-state index in [-0.39, 0.29) is 12.2 Å². The third-order valence-electron chi connectivity index (χ3n) is 3.56. The molecule has 0 spiro atoms. The highest BCUT2D eigenvalue weighted by Crippen LogP contribution is 2.13. The molecule has 0 aromatic carbocycles. The van der Waals surface area contributed by atoms with Crippen LogP contribution in [0.15, 0.2) is 0 Å². The van der Waals surface area contributed by atoms with Crippen LogP contribution in [-0.2, 0) is 0 Å². The van der Waals surface area contributed by atoms with Crippen LogP contribution in [0, 0.1) is 0 Å². The zero-order valence-corrected chi connectivity index (χ0v) is 12.5. The van der Waals surface area contributed by atoms with Crippen LogP contribution in [0.1, 0.15) is 90.9 Å². The van der Waals surface area contributed by atoms with Crippen LogP contribution in [0.3, 0.4) is 0 Å². The highest BCUT2D eigenvalue weighted by atomic mass is 16.3. The van der Waals surface area contributed by atoms with Crippen LogP contribution in [0.5, 0.6) is 0 Å². The monoisotopic (exact) mass is 258 g/mol. The maximum Gasteiger partial charge on any atom is 0.0541 e. The highest BCUT2D eigenvalue weighted by molar-refractivity contribution is 4.59. The second kappa shape index (κ2) is 13.4. The van der Waals surface area contributed by atoms with E-state index in [0.29, 0.717) is 0 Å². The van der Waals surface area contributed by atoms with Crippen LogP contribution in [-0.4, -0.2) is 22.4 Å². The van der Waals surface area contributed by atoms with E-state index in [0.717, 1.165) is 25.7 Å². The van der Waals surface area contributed by atoms with Crippen molar-refractivity contribution in [3.8, 4) is 0 Å². The molecule has 0 aliphatic heterocycles. The Morgan fingerprint density at radius 1 is 0.667 bits per heavy atom. The Balaban J connectivity index is 3.10. The highest BCUT2D eigenvalue weighted by Gasteiger charge is 2.05. The summed E-state index contributed by atoms with van der Waals surface area (Å²) in [7, 11) is 0. The lowest BCUT2D eigenvalue weighted by Crippen LogP contribution is -2.10. The average Bonchev–Trinajstić information content (AvgIpc) is 2.34. The molecule has 0 aliphatic carbocycles. The number of hydrogen-bond donors (Lipinski definition) is 2. The Morgan fingerprint density at radius 2 is 1.17 bits per heavy atom. The van der Waals surface area contributed by atoms with Gasteiger partial charge < -0.3 is 10.2 Å². The summed E-state index contributed by atoms with van der Waals surface area (Å²) in [6.45, 7) is 4.04.